The minimum Gasteiger partial charge on any atom is -0.298 e. The first-order chi connectivity index (χ1) is 12.7. The second kappa shape index (κ2) is 6.16. The summed E-state index contributed by atoms with van der Waals surface area (Å²) in [6.45, 7) is 3.90. The van der Waals surface area contributed by atoms with E-state index in [1.165, 1.54) is 16.7 Å². The third-order valence-corrected chi connectivity index (χ3v) is 6.21. The number of aromatic nitrogens is 4. The lowest BCUT2D eigenvalue weighted by atomic mass is 9.85. The van der Waals surface area contributed by atoms with Gasteiger partial charge < -0.3 is 0 Å². The number of hydrogen-bond acceptors (Lipinski definition) is 5. The molecule has 2 fully saturated rings. The summed E-state index contributed by atoms with van der Waals surface area (Å²) in [5.74, 6) is 1.93. The van der Waals surface area contributed by atoms with E-state index in [9.17, 15) is 9.59 Å². The monoisotopic (exact) mass is 353 g/mol. The van der Waals surface area contributed by atoms with Crippen LogP contribution in [-0.4, -0.2) is 37.3 Å². The largest absolute Gasteiger partial charge is 0.332 e. The smallest absolute Gasteiger partial charge is 0.298 e. The van der Waals surface area contributed by atoms with Gasteiger partial charge in [0.2, 0.25) is 0 Å². The molecule has 4 heterocycles. The second-order valence-corrected chi connectivity index (χ2v) is 7.98. The van der Waals surface area contributed by atoms with Gasteiger partial charge in [0, 0.05) is 57.0 Å². The molecule has 0 aromatic carbocycles. The zero-order valence-electron chi connectivity index (χ0n) is 14.8. The maximum atomic E-state index is 12.5. The summed E-state index contributed by atoms with van der Waals surface area (Å²) in [6, 6.07) is 4.05. The van der Waals surface area contributed by atoms with Crippen molar-refractivity contribution in [2.45, 2.75) is 44.8 Å². The molecule has 5 rings (SSSR count). The number of pyridine rings is 1. The van der Waals surface area contributed by atoms with Gasteiger partial charge in [-0.15, -0.1) is 0 Å². The van der Waals surface area contributed by atoms with E-state index in [-0.39, 0.29) is 11.5 Å². The molecule has 2 atom stereocenters. The van der Waals surface area contributed by atoms with E-state index in [4.69, 9.17) is 0 Å². The van der Waals surface area contributed by atoms with Gasteiger partial charge in [-0.2, -0.15) is 5.10 Å². The SMILES string of the molecule is O=c1c(=O)n2c(nn1CC1CCC1)[C@H]1CN(Cc3cccnc3)C[C@@H]1C2. The van der Waals surface area contributed by atoms with Crippen LogP contribution in [0, 0.1) is 11.8 Å². The van der Waals surface area contributed by atoms with E-state index in [0.29, 0.717) is 24.9 Å². The quantitative estimate of drug-likeness (QED) is 0.761. The van der Waals surface area contributed by atoms with Gasteiger partial charge in [-0.05, 0) is 30.4 Å². The zero-order chi connectivity index (χ0) is 17.7. The maximum absolute atomic E-state index is 12.5. The second-order valence-electron chi connectivity index (χ2n) is 7.98. The third kappa shape index (κ3) is 2.61. The number of rotatable bonds is 4. The highest BCUT2D eigenvalue weighted by Crippen LogP contribution is 2.37. The van der Waals surface area contributed by atoms with E-state index in [1.807, 2.05) is 12.3 Å². The normalized spacial score (nSPS) is 25.1. The molecule has 1 aliphatic carbocycles. The lowest BCUT2D eigenvalue weighted by Crippen LogP contribution is -2.45. The molecule has 2 aromatic heterocycles. The van der Waals surface area contributed by atoms with Crippen molar-refractivity contribution in [3.63, 3.8) is 0 Å². The summed E-state index contributed by atoms with van der Waals surface area (Å²) in [5, 5.41) is 4.65. The summed E-state index contributed by atoms with van der Waals surface area (Å²) < 4.78 is 3.08. The molecule has 1 saturated heterocycles. The number of hydrogen-bond donors (Lipinski definition) is 0. The zero-order valence-corrected chi connectivity index (χ0v) is 14.8. The predicted molar refractivity (Wildman–Crippen MR) is 95.8 cm³/mol. The van der Waals surface area contributed by atoms with E-state index in [1.54, 1.807) is 10.8 Å². The Balaban J connectivity index is 1.40. The summed E-state index contributed by atoms with van der Waals surface area (Å²) in [7, 11) is 0. The van der Waals surface area contributed by atoms with Crippen LogP contribution in [0.25, 0.3) is 0 Å². The van der Waals surface area contributed by atoms with Crippen molar-refractivity contribution in [1.29, 1.82) is 0 Å². The fourth-order valence-electron chi connectivity index (χ4n) is 4.60. The Morgan fingerprint density at radius 2 is 2.00 bits per heavy atom. The highest BCUT2D eigenvalue weighted by Gasteiger charge is 2.42. The van der Waals surface area contributed by atoms with Crippen LogP contribution in [0.1, 0.15) is 36.6 Å². The Bertz CT molecular complexity index is 931. The van der Waals surface area contributed by atoms with Crippen LogP contribution in [0.3, 0.4) is 0 Å². The molecule has 7 nitrogen and oxygen atoms in total. The molecule has 0 amide bonds. The molecule has 0 N–H and O–H groups in total. The Hall–Kier alpha value is -2.28. The van der Waals surface area contributed by atoms with Crippen molar-refractivity contribution in [2.24, 2.45) is 11.8 Å². The first-order valence-corrected chi connectivity index (χ1v) is 9.52. The molecule has 7 heteroatoms. The molecule has 0 spiro atoms. The lowest BCUT2D eigenvalue weighted by molar-refractivity contribution is 0.256. The standard InChI is InChI=1S/C19H23N5O2/c25-18-19(26)24(9-13-3-1-4-13)21-17-16-12-22(10-15(16)11-23(17)18)8-14-5-2-6-20-7-14/h2,5-7,13,15-16H,1,3-4,8-12H2/t15-,16+/m1/s1. The third-order valence-electron chi connectivity index (χ3n) is 6.21. The lowest BCUT2D eigenvalue weighted by Gasteiger charge is -2.25. The summed E-state index contributed by atoms with van der Waals surface area (Å²) >= 11 is 0. The Morgan fingerprint density at radius 3 is 2.73 bits per heavy atom. The van der Waals surface area contributed by atoms with Gasteiger partial charge in [-0.3, -0.25) is 24.0 Å². The van der Waals surface area contributed by atoms with E-state index in [0.717, 1.165) is 38.3 Å². The van der Waals surface area contributed by atoms with Crippen LogP contribution >= 0.6 is 0 Å². The molecule has 0 unspecified atom stereocenters. The van der Waals surface area contributed by atoms with Gasteiger partial charge in [-0.25, -0.2) is 4.68 Å². The van der Waals surface area contributed by atoms with Gasteiger partial charge in [-0.1, -0.05) is 12.5 Å². The van der Waals surface area contributed by atoms with Crippen molar-refractivity contribution < 1.29 is 0 Å². The van der Waals surface area contributed by atoms with Crippen LogP contribution in [0.15, 0.2) is 34.1 Å². The Kier molecular flexibility index (Phi) is 3.77. The number of fused-ring (bicyclic) bond motifs is 3. The van der Waals surface area contributed by atoms with Crippen molar-refractivity contribution in [1.82, 2.24) is 24.2 Å². The average molecular weight is 353 g/mol. The fourth-order valence-corrected chi connectivity index (χ4v) is 4.60. The number of nitrogens with zero attached hydrogens (tertiary/aromatic N) is 5. The predicted octanol–water partition coefficient (Wildman–Crippen LogP) is 0.829. The minimum atomic E-state index is -0.451. The van der Waals surface area contributed by atoms with Crippen LogP contribution in [0.4, 0.5) is 0 Å². The van der Waals surface area contributed by atoms with E-state index in [2.05, 4.69) is 21.0 Å². The molecule has 26 heavy (non-hydrogen) atoms. The van der Waals surface area contributed by atoms with Gasteiger partial charge in [0.15, 0.2) is 0 Å². The van der Waals surface area contributed by atoms with Crippen molar-refractivity contribution in [2.75, 3.05) is 13.1 Å². The molecule has 2 aromatic rings. The summed E-state index contributed by atoms with van der Waals surface area (Å²) in [4.78, 5) is 31.5. The maximum Gasteiger partial charge on any atom is 0.332 e. The van der Waals surface area contributed by atoms with Crippen LogP contribution in [-0.2, 0) is 19.6 Å². The fraction of sp³-hybridized carbons (Fsp3) is 0.579. The van der Waals surface area contributed by atoms with Gasteiger partial charge in [0.05, 0.1) is 0 Å². The van der Waals surface area contributed by atoms with Crippen LogP contribution in [0.5, 0.6) is 0 Å². The highest BCUT2D eigenvalue weighted by atomic mass is 16.2. The minimum absolute atomic E-state index is 0.243. The molecule has 3 aliphatic rings. The van der Waals surface area contributed by atoms with Crippen molar-refractivity contribution in [3.05, 3.63) is 56.6 Å². The van der Waals surface area contributed by atoms with E-state index < -0.39 is 5.56 Å². The van der Waals surface area contributed by atoms with Gasteiger partial charge in [0.25, 0.3) is 0 Å². The Morgan fingerprint density at radius 1 is 1.12 bits per heavy atom. The van der Waals surface area contributed by atoms with Gasteiger partial charge >= 0.3 is 11.1 Å². The molecular formula is C19H23N5O2. The topological polar surface area (TPSA) is 73.0 Å². The first-order valence-electron chi connectivity index (χ1n) is 9.52. The van der Waals surface area contributed by atoms with Crippen LogP contribution in [0.2, 0.25) is 0 Å². The van der Waals surface area contributed by atoms with Crippen LogP contribution < -0.4 is 11.1 Å². The molecule has 2 aliphatic heterocycles. The first kappa shape index (κ1) is 15.9. The molecule has 1 saturated carbocycles. The van der Waals surface area contributed by atoms with E-state index >= 15 is 0 Å². The van der Waals surface area contributed by atoms with Crippen molar-refractivity contribution in [3.8, 4) is 0 Å². The molecule has 0 bridgehead atoms. The molecular weight excluding hydrogens is 330 g/mol. The molecule has 136 valence electrons. The highest BCUT2D eigenvalue weighted by molar-refractivity contribution is 5.14. The summed E-state index contributed by atoms with van der Waals surface area (Å²) in [6.07, 6.45) is 7.18. The van der Waals surface area contributed by atoms with Crippen molar-refractivity contribution >= 4 is 0 Å². The Labute approximate surface area is 151 Å². The average Bonchev–Trinajstić information content (AvgIpc) is 3.14. The number of likely N-dealkylation sites (tertiary alicyclic amines) is 1. The van der Waals surface area contributed by atoms with Gasteiger partial charge in [0.1, 0.15) is 5.82 Å². The molecule has 0 radical (unpaired) electrons. The summed E-state index contributed by atoms with van der Waals surface area (Å²) in [5.41, 5.74) is 0.364.